The van der Waals surface area contributed by atoms with Crippen LogP contribution in [0.4, 0.5) is 0 Å². The van der Waals surface area contributed by atoms with E-state index in [-0.39, 0.29) is 12.7 Å². The Kier molecular flexibility index (Phi) is 5.90. The average Bonchev–Trinajstić information content (AvgIpc) is 2.28. The zero-order chi connectivity index (χ0) is 11.8. The first-order valence-corrected chi connectivity index (χ1v) is 5.70. The van der Waals surface area contributed by atoms with Gasteiger partial charge in [0, 0.05) is 6.61 Å². The average molecular weight is 224 g/mol. The number of aliphatic hydroxyl groups is 1. The van der Waals surface area contributed by atoms with Gasteiger partial charge in [0.25, 0.3) is 0 Å². The van der Waals surface area contributed by atoms with Crippen LogP contribution < -0.4 is 4.74 Å². The van der Waals surface area contributed by atoms with Gasteiger partial charge in [-0.3, -0.25) is 0 Å². The highest BCUT2D eigenvalue weighted by Crippen LogP contribution is 2.14. The van der Waals surface area contributed by atoms with Crippen LogP contribution in [0.5, 0.6) is 5.75 Å². The van der Waals surface area contributed by atoms with Crippen molar-refractivity contribution in [3.63, 3.8) is 0 Å². The summed E-state index contributed by atoms with van der Waals surface area (Å²) >= 11 is 0. The van der Waals surface area contributed by atoms with Crippen molar-refractivity contribution >= 4 is 0 Å². The maximum Gasteiger partial charge on any atom is 0.119 e. The monoisotopic (exact) mass is 224 g/mol. The van der Waals surface area contributed by atoms with Gasteiger partial charge in [-0.15, -0.1) is 0 Å². The van der Waals surface area contributed by atoms with E-state index >= 15 is 0 Å². The lowest BCUT2D eigenvalue weighted by molar-refractivity contribution is 0.0768. The molecule has 16 heavy (non-hydrogen) atoms. The Morgan fingerprint density at radius 3 is 2.50 bits per heavy atom. The van der Waals surface area contributed by atoms with Crippen molar-refractivity contribution in [1.29, 1.82) is 0 Å². The van der Waals surface area contributed by atoms with E-state index in [9.17, 15) is 0 Å². The fourth-order valence-electron chi connectivity index (χ4n) is 1.56. The fourth-order valence-corrected chi connectivity index (χ4v) is 1.56. The summed E-state index contributed by atoms with van der Waals surface area (Å²) in [5.74, 6) is 0.793. The second-order valence-electron chi connectivity index (χ2n) is 3.69. The van der Waals surface area contributed by atoms with Crippen LogP contribution in [0.15, 0.2) is 24.3 Å². The summed E-state index contributed by atoms with van der Waals surface area (Å²) in [7, 11) is 0. The lowest BCUT2D eigenvalue weighted by Crippen LogP contribution is -2.11. The normalized spacial score (nSPS) is 12.4. The molecule has 0 aliphatic heterocycles. The fraction of sp³-hybridized carbons (Fsp3) is 0.538. The van der Waals surface area contributed by atoms with Crippen molar-refractivity contribution in [2.75, 3.05) is 19.8 Å². The summed E-state index contributed by atoms with van der Waals surface area (Å²) in [5.41, 5.74) is 1.23. The zero-order valence-corrected chi connectivity index (χ0v) is 9.98. The third-order valence-electron chi connectivity index (χ3n) is 2.26. The quantitative estimate of drug-likeness (QED) is 0.770. The molecule has 1 atom stereocenters. The van der Waals surface area contributed by atoms with Gasteiger partial charge >= 0.3 is 0 Å². The minimum absolute atomic E-state index is 0.0448. The van der Waals surface area contributed by atoms with Crippen molar-refractivity contribution in [3.05, 3.63) is 29.8 Å². The van der Waals surface area contributed by atoms with Gasteiger partial charge in [0.15, 0.2) is 0 Å². The Bertz CT molecular complexity index is 282. The Hall–Kier alpha value is -1.06. The molecular formula is C13H20O3. The molecule has 0 aliphatic rings. The molecule has 3 heteroatoms. The van der Waals surface area contributed by atoms with Crippen LogP contribution in [0.3, 0.4) is 0 Å². The predicted molar refractivity (Wildman–Crippen MR) is 63.8 cm³/mol. The minimum Gasteiger partial charge on any atom is -0.491 e. The van der Waals surface area contributed by atoms with Crippen molar-refractivity contribution in [2.24, 2.45) is 0 Å². The molecule has 1 N–H and O–H groups in total. The molecule has 0 aliphatic carbocycles. The van der Waals surface area contributed by atoms with Crippen LogP contribution in [-0.4, -0.2) is 31.0 Å². The molecule has 1 unspecified atom stereocenters. The summed E-state index contributed by atoms with van der Waals surface area (Å²) in [6.45, 7) is 5.21. The van der Waals surface area contributed by atoms with Gasteiger partial charge < -0.3 is 14.6 Å². The molecule has 0 aromatic heterocycles. The molecule has 1 aromatic carbocycles. The van der Waals surface area contributed by atoms with E-state index in [1.165, 1.54) is 5.56 Å². The standard InChI is InChI=1S/C13H20O3/c1-3-15-11(2)10-12-4-6-13(7-5-12)16-9-8-14/h4-7,11,14H,3,8-10H2,1-2H3. The second kappa shape index (κ2) is 7.25. The highest BCUT2D eigenvalue weighted by Gasteiger charge is 2.02. The molecule has 0 amide bonds. The number of ether oxygens (including phenoxy) is 2. The number of hydrogen-bond acceptors (Lipinski definition) is 3. The van der Waals surface area contributed by atoms with E-state index in [2.05, 4.69) is 6.92 Å². The molecule has 0 fully saturated rings. The smallest absolute Gasteiger partial charge is 0.119 e. The molecular weight excluding hydrogens is 204 g/mol. The molecule has 0 saturated heterocycles. The van der Waals surface area contributed by atoms with E-state index in [0.717, 1.165) is 18.8 Å². The van der Waals surface area contributed by atoms with E-state index in [4.69, 9.17) is 14.6 Å². The lowest BCUT2D eigenvalue weighted by Gasteiger charge is -2.11. The van der Waals surface area contributed by atoms with Crippen molar-refractivity contribution in [3.8, 4) is 5.75 Å². The van der Waals surface area contributed by atoms with E-state index in [0.29, 0.717) is 6.61 Å². The van der Waals surface area contributed by atoms with Gasteiger partial charge in [-0.1, -0.05) is 12.1 Å². The van der Waals surface area contributed by atoms with Crippen molar-refractivity contribution in [1.82, 2.24) is 0 Å². The second-order valence-corrected chi connectivity index (χ2v) is 3.69. The largest absolute Gasteiger partial charge is 0.491 e. The highest BCUT2D eigenvalue weighted by molar-refractivity contribution is 5.27. The van der Waals surface area contributed by atoms with Gasteiger partial charge in [-0.05, 0) is 38.0 Å². The maximum absolute atomic E-state index is 8.62. The Morgan fingerprint density at radius 1 is 1.25 bits per heavy atom. The topological polar surface area (TPSA) is 38.7 Å². The molecule has 0 spiro atoms. The first kappa shape index (κ1) is 13.0. The number of benzene rings is 1. The molecule has 1 rings (SSSR count). The van der Waals surface area contributed by atoms with E-state index < -0.39 is 0 Å². The van der Waals surface area contributed by atoms with Gasteiger partial charge in [-0.2, -0.15) is 0 Å². The summed E-state index contributed by atoms with van der Waals surface area (Å²) in [5, 5.41) is 8.62. The predicted octanol–water partition coefficient (Wildman–Crippen LogP) is 2.03. The van der Waals surface area contributed by atoms with Gasteiger partial charge in [0.2, 0.25) is 0 Å². The number of hydrogen-bond donors (Lipinski definition) is 1. The van der Waals surface area contributed by atoms with E-state index in [1.807, 2.05) is 31.2 Å². The molecule has 1 aromatic rings. The molecule has 90 valence electrons. The van der Waals surface area contributed by atoms with Gasteiger partial charge in [-0.25, -0.2) is 0 Å². The Balaban J connectivity index is 2.44. The van der Waals surface area contributed by atoms with Gasteiger partial charge in [0.1, 0.15) is 12.4 Å². The van der Waals surface area contributed by atoms with Crippen LogP contribution in [0, 0.1) is 0 Å². The lowest BCUT2D eigenvalue weighted by atomic mass is 10.1. The van der Waals surface area contributed by atoms with E-state index in [1.54, 1.807) is 0 Å². The Labute approximate surface area is 97.0 Å². The van der Waals surface area contributed by atoms with Crippen LogP contribution in [-0.2, 0) is 11.2 Å². The van der Waals surface area contributed by atoms with Crippen molar-refractivity contribution < 1.29 is 14.6 Å². The maximum atomic E-state index is 8.62. The van der Waals surface area contributed by atoms with Crippen LogP contribution in [0.25, 0.3) is 0 Å². The number of rotatable bonds is 7. The summed E-state index contributed by atoms with van der Waals surface area (Å²) in [6.07, 6.45) is 1.16. The zero-order valence-electron chi connectivity index (χ0n) is 9.98. The third kappa shape index (κ3) is 4.64. The number of aliphatic hydroxyl groups excluding tert-OH is 1. The third-order valence-corrected chi connectivity index (χ3v) is 2.26. The summed E-state index contributed by atoms with van der Waals surface area (Å²) < 4.78 is 10.8. The molecule has 3 nitrogen and oxygen atoms in total. The van der Waals surface area contributed by atoms with Gasteiger partial charge in [0.05, 0.1) is 12.7 Å². The Morgan fingerprint density at radius 2 is 1.94 bits per heavy atom. The summed E-state index contributed by atoms with van der Waals surface area (Å²) in [6, 6.07) is 7.90. The summed E-state index contributed by atoms with van der Waals surface area (Å²) in [4.78, 5) is 0. The molecule has 0 heterocycles. The minimum atomic E-state index is 0.0448. The molecule has 0 radical (unpaired) electrons. The van der Waals surface area contributed by atoms with Crippen molar-refractivity contribution in [2.45, 2.75) is 26.4 Å². The van der Waals surface area contributed by atoms with Crippen LogP contribution in [0.1, 0.15) is 19.4 Å². The highest BCUT2D eigenvalue weighted by atomic mass is 16.5. The van der Waals surface area contributed by atoms with Crippen LogP contribution >= 0.6 is 0 Å². The SMILES string of the molecule is CCOC(C)Cc1ccc(OCCO)cc1. The molecule has 0 saturated carbocycles. The first-order valence-electron chi connectivity index (χ1n) is 5.70. The molecule has 0 bridgehead atoms. The first-order chi connectivity index (χ1) is 7.76. The van der Waals surface area contributed by atoms with Crippen LogP contribution in [0.2, 0.25) is 0 Å².